The van der Waals surface area contributed by atoms with E-state index in [1.54, 1.807) is 49.4 Å². The molecular formula is C17H17Cl2N3O2. The van der Waals surface area contributed by atoms with E-state index in [1.165, 1.54) is 6.92 Å². The predicted molar refractivity (Wildman–Crippen MR) is 98.9 cm³/mol. The number of nitrogens with one attached hydrogen (secondary N) is 3. The van der Waals surface area contributed by atoms with E-state index in [1.807, 2.05) is 0 Å². The van der Waals surface area contributed by atoms with Gasteiger partial charge in [-0.2, -0.15) is 0 Å². The van der Waals surface area contributed by atoms with Crippen molar-refractivity contribution in [2.45, 2.75) is 19.9 Å². The summed E-state index contributed by atoms with van der Waals surface area (Å²) in [6.07, 6.45) is 0. The fraction of sp³-hybridized carbons (Fsp3) is 0.176. The molecule has 0 aliphatic carbocycles. The molecule has 0 radical (unpaired) electrons. The lowest BCUT2D eigenvalue weighted by molar-refractivity contribution is -0.116. The number of carbonyl (C=O) groups is 2. The highest BCUT2D eigenvalue weighted by Crippen LogP contribution is 2.25. The van der Waals surface area contributed by atoms with Crippen LogP contribution in [0.5, 0.6) is 0 Å². The van der Waals surface area contributed by atoms with E-state index in [0.717, 1.165) is 5.69 Å². The van der Waals surface area contributed by atoms with Gasteiger partial charge in [-0.1, -0.05) is 23.2 Å². The number of amides is 2. The van der Waals surface area contributed by atoms with E-state index in [-0.39, 0.29) is 11.8 Å². The Morgan fingerprint density at radius 3 is 2.21 bits per heavy atom. The van der Waals surface area contributed by atoms with E-state index in [2.05, 4.69) is 16.0 Å². The van der Waals surface area contributed by atoms with Gasteiger partial charge in [-0.05, 0) is 49.4 Å². The topological polar surface area (TPSA) is 70.2 Å². The molecule has 2 rings (SSSR count). The van der Waals surface area contributed by atoms with Crippen molar-refractivity contribution in [3.05, 3.63) is 52.5 Å². The summed E-state index contributed by atoms with van der Waals surface area (Å²) in [7, 11) is 0. The quantitative estimate of drug-likeness (QED) is 0.735. The number of rotatable bonds is 5. The summed E-state index contributed by atoms with van der Waals surface area (Å²) in [5.41, 5.74) is 1.91. The lowest BCUT2D eigenvalue weighted by Crippen LogP contribution is -2.31. The highest BCUT2D eigenvalue weighted by Gasteiger charge is 2.14. The molecule has 1 unspecified atom stereocenters. The molecule has 2 aromatic carbocycles. The highest BCUT2D eigenvalue weighted by atomic mass is 35.5. The van der Waals surface area contributed by atoms with Crippen molar-refractivity contribution in [2.75, 3.05) is 16.0 Å². The van der Waals surface area contributed by atoms with Crippen LogP contribution < -0.4 is 16.0 Å². The molecule has 3 N–H and O–H groups in total. The number of hydrogen-bond acceptors (Lipinski definition) is 3. The Morgan fingerprint density at radius 2 is 1.58 bits per heavy atom. The van der Waals surface area contributed by atoms with Gasteiger partial charge in [0.25, 0.3) is 0 Å². The molecule has 0 saturated carbocycles. The molecule has 0 heterocycles. The molecule has 0 saturated heterocycles. The molecule has 2 aromatic rings. The first-order valence-corrected chi connectivity index (χ1v) is 8.01. The Bertz CT molecular complexity index is 748. The van der Waals surface area contributed by atoms with Gasteiger partial charge in [0, 0.05) is 23.3 Å². The first-order valence-electron chi connectivity index (χ1n) is 7.25. The summed E-state index contributed by atoms with van der Waals surface area (Å²) in [4.78, 5) is 23.3. The Labute approximate surface area is 150 Å². The summed E-state index contributed by atoms with van der Waals surface area (Å²) < 4.78 is 0. The van der Waals surface area contributed by atoms with Crippen LogP contribution in [0.25, 0.3) is 0 Å². The van der Waals surface area contributed by atoms with Crippen molar-refractivity contribution in [2.24, 2.45) is 0 Å². The third-order valence-electron chi connectivity index (χ3n) is 3.17. The van der Waals surface area contributed by atoms with Gasteiger partial charge in [0.05, 0.1) is 10.7 Å². The van der Waals surface area contributed by atoms with Crippen molar-refractivity contribution in [3.63, 3.8) is 0 Å². The lowest BCUT2D eigenvalue weighted by atomic mass is 10.2. The van der Waals surface area contributed by atoms with Crippen LogP contribution in [0.2, 0.25) is 10.0 Å². The zero-order chi connectivity index (χ0) is 17.7. The summed E-state index contributed by atoms with van der Waals surface area (Å²) in [6, 6.07) is 11.4. The molecule has 1 atom stereocenters. The van der Waals surface area contributed by atoms with Crippen molar-refractivity contribution in [3.8, 4) is 0 Å². The minimum absolute atomic E-state index is 0.137. The second-order valence-electron chi connectivity index (χ2n) is 5.24. The average Bonchev–Trinajstić information content (AvgIpc) is 2.52. The monoisotopic (exact) mass is 365 g/mol. The molecular weight excluding hydrogens is 349 g/mol. The maximum absolute atomic E-state index is 12.3. The van der Waals surface area contributed by atoms with Crippen LogP contribution in [0.4, 0.5) is 17.1 Å². The van der Waals surface area contributed by atoms with Crippen LogP contribution in [0.3, 0.4) is 0 Å². The van der Waals surface area contributed by atoms with Gasteiger partial charge in [0.15, 0.2) is 0 Å². The SMILES string of the molecule is CC(=O)Nc1ccc(NC(C)C(=O)Nc2cc(Cl)ccc2Cl)cc1. The second kappa shape index (κ2) is 8.04. The van der Waals surface area contributed by atoms with Gasteiger partial charge in [-0.15, -0.1) is 0 Å². The third-order valence-corrected chi connectivity index (χ3v) is 3.73. The Balaban J connectivity index is 1.98. The van der Waals surface area contributed by atoms with Gasteiger partial charge >= 0.3 is 0 Å². The second-order valence-corrected chi connectivity index (χ2v) is 6.08. The molecule has 24 heavy (non-hydrogen) atoms. The van der Waals surface area contributed by atoms with E-state index in [4.69, 9.17) is 23.2 Å². The van der Waals surface area contributed by atoms with Crippen molar-refractivity contribution in [1.29, 1.82) is 0 Å². The molecule has 0 fully saturated rings. The number of carbonyl (C=O) groups excluding carboxylic acids is 2. The van der Waals surface area contributed by atoms with E-state index >= 15 is 0 Å². The zero-order valence-corrected chi connectivity index (χ0v) is 14.7. The molecule has 0 aliphatic rings. The van der Waals surface area contributed by atoms with Crippen molar-refractivity contribution in [1.82, 2.24) is 0 Å². The van der Waals surface area contributed by atoms with Gasteiger partial charge in [-0.3, -0.25) is 9.59 Å². The minimum atomic E-state index is -0.494. The number of halogens is 2. The predicted octanol–water partition coefficient (Wildman–Crippen LogP) is 4.39. The fourth-order valence-electron chi connectivity index (χ4n) is 2.00. The van der Waals surface area contributed by atoms with Crippen LogP contribution in [-0.2, 0) is 9.59 Å². The molecule has 2 amide bonds. The summed E-state index contributed by atoms with van der Waals surface area (Å²) >= 11 is 11.9. The van der Waals surface area contributed by atoms with E-state index in [0.29, 0.717) is 21.4 Å². The van der Waals surface area contributed by atoms with Gasteiger partial charge in [0.1, 0.15) is 6.04 Å². The maximum Gasteiger partial charge on any atom is 0.246 e. The van der Waals surface area contributed by atoms with Crippen LogP contribution in [0.1, 0.15) is 13.8 Å². The molecule has 0 aromatic heterocycles. The summed E-state index contributed by atoms with van der Waals surface area (Å²) in [6.45, 7) is 3.18. The van der Waals surface area contributed by atoms with Gasteiger partial charge < -0.3 is 16.0 Å². The summed E-state index contributed by atoms with van der Waals surface area (Å²) in [5.74, 6) is -0.382. The molecule has 126 valence electrons. The van der Waals surface area contributed by atoms with Gasteiger partial charge in [0.2, 0.25) is 11.8 Å². The largest absolute Gasteiger partial charge is 0.374 e. The molecule has 7 heteroatoms. The smallest absolute Gasteiger partial charge is 0.246 e. The van der Waals surface area contributed by atoms with Crippen molar-refractivity contribution < 1.29 is 9.59 Å². The average molecular weight is 366 g/mol. The Kier molecular flexibility index (Phi) is 6.06. The fourth-order valence-corrected chi connectivity index (χ4v) is 2.34. The molecule has 5 nitrogen and oxygen atoms in total. The Hall–Kier alpha value is -2.24. The van der Waals surface area contributed by atoms with E-state index in [9.17, 15) is 9.59 Å². The van der Waals surface area contributed by atoms with Crippen molar-refractivity contribution >= 4 is 52.1 Å². The van der Waals surface area contributed by atoms with Crippen LogP contribution in [0, 0.1) is 0 Å². The van der Waals surface area contributed by atoms with Crippen LogP contribution >= 0.6 is 23.2 Å². The van der Waals surface area contributed by atoms with Crippen LogP contribution in [0.15, 0.2) is 42.5 Å². The number of hydrogen-bond donors (Lipinski definition) is 3. The number of anilines is 3. The van der Waals surface area contributed by atoms with Crippen LogP contribution in [-0.4, -0.2) is 17.9 Å². The van der Waals surface area contributed by atoms with Gasteiger partial charge in [-0.25, -0.2) is 0 Å². The first kappa shape index (κ1) is 18.1. The summed E-state index contributed by atoms with van der Waals surface area (Å²) in [5, 5.41) is 9.39. The number of benzene rings is 2. The van der Waals surface area contributed by atoms with E-state index < -0.39 is 6.04 Å². The maximum atomic E-state index is 12.3. The molecule has 0 bridgehead atoms. The standard InChI is InChI=1S/C17H17Cl2N3O2/c1-10(17(24)22-16-9-12(18)3-8-15(16)19)20-13-4-6-14(7-5-13)21-11(2)23/h3-10,20H,1-2H3,(H,21,23)(H,22,24). The Morgan fingerprint density at radius 1 is 0.958 bits per heavy atom. The third kappa shape index (κ3) is 5.15. The lowest BCUT2D eigenvalue weighted by Gasteiger charge is -2.16. The normalized spacial score (nSPS) is 11.5. The highest BCUT2D eigenvalue weighted by molar-refractivity contribution is 6.35. The minimum Gasteiger partial charge on any atom is -0.374 e. The first-order chi connectivity index (χ1) is 11.3. The molecule has 0 aliphatic heterocycles. The zero-order valence-electron chi connectivity index (χ0n) is 13.2. The molecule has 0 spiro atoms.